The SMILES string of the molecule is O=C1CCC(N2Cc3ccc(CNC(=O)Nc4ccc(C(F)F)cc4)cc3C2=O)C(=O)N1. The van der Waals surface area contributed by atoms with Crippen molar-refractivity contribution in [2.75, 3.05) is 5.32 Å². The van der Waals surface area contributed by atoms with E-state index in [1.807, 2.05) is 0 Å². The molecule has 2 aromatic carbocycles. The van der Waals surface area contributed by atoms with Crippen LogP contribution in [0.2, 0.25) is 0 Å². The largest absolute Gasteiger partial charge is 0.334 e. The molecule has 0 radical (unpaired) electrons. The summed E-state index contributed by atoms with van der Waals surface area (Å²) in [6.45, 7) is 0.420. The molecule has 1 atom stereocenters. The van der Waals surface area contributed by atoms with E-state index in [0.717, 1.165) is 5.56 Å². The second-order valence-corrected chi connectivity index (χ2v) is 7.62. The van der Waals surface area contributed by atoms with Gasteiger partial charge in [-0.05, 0) is 35.7 Å². The minimum Gasteiger partial charge on any atom is -0.334 e. The fourth-order valence-corrected chi connectivity index (χ4v) is 3.78. The van der Waals surface area contributed by atoms with Crippen LogP contribution in [0.15, 0.2) is 42.5 Å². The Labute approximate surface area is 182 Å². The molecule has 1 fully saturated rings. The lowest BCUT2D eigenvalue weighted by molar-refractivity contribution is -0.136. The highest BCUT2D eigenvalue weighted by atomic mass is 19.3. The molecule has 0 aromatic heterocycles. The lowest BCUT2D eigenvalue weighted by Gasteiger charge is -2.29. The fraction of sp³-hybridized carbons (Fsp3) is 0.273. The first kappa shape index (κ1) is 21.4. The van der Waals surface area contributed by atoms with Gasteiger partial charge in [-0.25, -0.2) is 13.6 Å². The van der Waals surface area contributed by atoms with E-state index in [9.17, 15) is 28.0 Å². The second kappa shape index (κ2) is 8.74. The predicted octanol–water partition coefficient (Wildman–Crippen LogP) is 2.71. The van der Waals surface area contributed by atoms with Crippen LogP contribution in [-0.4, -0.2) is 34.7 Å². The maximum atomic E-state index is 12.8. The van der Waals surface area contributed by atoms with Crippen LogP contribution in [0.3, 0.4) is 0 Å². The molecule has 0 saturated carbocycles. The highest BCUT2D eigenvalue weighted by Gasteiger charge is 2.39. The van der Waals surface area contributed by atoms with E-state index in [-0.39, 0.29) is 43.3 Å². The Morgan fingerprint density at radius 2 is 1.88 bits per heavy atom. The van der Waals surface area contributed by atoms with Crippen LogP contribution in [0.4, 0.5) is 19.3 Å². The smallest absolute Gasteiger partial charge is 0.319 e. The summed E-state index contributed by atoms with van der Waals surface area (Å²) < 4.78 is 25.2. The molecule has 2 aliphatic rings. The molecule has 0 spiro atoms. The Bertz CT molecular complexity index is 1090. The summed E-state index contributed by atoms with van der Waals surface area (Å²) in [5.74, 6) is -1.10. The maximum Gasteiger partial charge on any atom is 0.319 e. The van der Waals surface area contributed by atoms with Crippen LogP contribution < -0.4 is 16.0 Å². The van der Waals surface area contributed by atoms with E-state index in [0.29, 0.717) is 16.8 Å². The molecule has 2 aromatic rings. The fourth-order valence-electron chi connectivity index (χ4n) is 3.78. The van der Waals surface area contributed by atoms with Crippen molar-refractivity contribution in [3.8, 4) is 0 Å². The lowest BCUT2D eigenvalue weighted by atomic mass is 10.0. The van der Waals surface area contributed by atoms with Crippen LogP contribution in [0.25, 0.3) is 0 Å². The molecular weight excluding hydrogens is 422 g/mol. The number of benzene rings is 2. The van der Waals surface area contributed by atoms with Crippen molar-refractivity contribution in [3.05, 3.63) is 64.7 Å². The molecule has 32 heavy (non-hydrogen) atoms. The number of carbonyl (C=O) groups is 4. The molecule has 4 rings (SSSR count). The second-order valence-electron chi connectivity index (χ2n) is 7.62. The predicted molar refractivity (Wildman–Crippen MR) is 110 cm³/mol. The summed E-state index contributed by atoms with van der Waals surface area (Å²) in [6, 6.07) is 9.26. The molecule has 166 valence electrons. The number of hydrogen-bond donors (Lipinski definition) is 3. The van der Waals surface area contributed by atoms with Crippen LogP contribution in [0.5, 0.6) is 0 Å². The molecule has 1 saturated heterocycles. The van der Waals surface area contributed by atoms with Crippen molar-refractivity contribution in [1.29, 1.82) is 0 Å². The topological polar surface area (TPSA) is 108 Å². The number of urea groups is 1. The number of alkyl halides is 2. The van der Waals surface area contributed by atoms with Gasteiger partial charge in [0.2, 0.25) is 11.8 Å². The van der Waals surface area contributed by atoms with E-state index in [1.54, 1.807) is 18.2 Å². The van der Waals surface area contributed by atoms with Gasteiger partial charge in [0.25, 0.3) is 12.3 Å². The third kappa shape index (κ3) is 4.43. The third-order valence-electron chi connectivity index (χ3n) is 5.47. The number of nitrogens with zero attached hydrogens (tertiary/aromatic N) is 1. The number of fused-ring (bicyclic) bond motifs is 1. The Hall–Kier alpha value is -3.82. The molecular formula is C22H20F2N4O4. The summed E-state index contributed by atoms with van der Waals surface area (Å²) in [5, 5.41) is 7.47. The zero-order chi connectivity index (χ0) is 22.8. The van der Waals surface area contributed by atoms with Crippen molar-refractivity contribution >= 4 is 29.4 Å². The molecule has 3 N–H and O–H groups in total. The zero-order valence-corrected chi connectivity index (χ0v) is 16.9. The number of halogens is 2. The minimum absolute atomic E-state index is 0.134. The number of anilines is 1. The summed E-state index contributed by atoms with van der Waals surface area (Å²) in [4.78, 5) is 49.9. The van der Waals surface area contributed by atoms with Crippen LogP contribution in [0.1, 0.15) is 46.3 Å². The van der Waals surface area contributed by atoms with Crippen LogP contribution in [-0.2, 0) is 22.7 Å². The number of rotatable bonds is 5. The van der Waals surface area contributed by atoms with Gasteiger partial charge < -0.3 is 15.5 Å². The van der Waals surface area contributed by atoms with Crippen LogP contribution >= 0.6 is 0 Å². The Balaban J connectivity index is 1.36. The van der Waals surface area contributed by atoms with Gasteiger partial charge in [-0.1, -0.05) is 24.3 Å². The molecule has 0 bridgehead atoms. The molecule has 2 aliphatic heterocycles. The van der Waals surface area contributed by atoms with Gasteiger partial charge in [-0.3, -0.25) is 19.7 Å². The van der Waals surface area contributed by atoms with E-state index in [2.05, 4.69) is 16.0 Å². The first-order valence-electron chi connectivity index (χ1n) is 10.0. The normalized spacial score (nSPS) is 17.9. The van der Waals surface area contributed by atoms with E-state index < -0.39 is 24.4 Å². The average Bonchev–Trinajstić information content (AvgIpc) is 3.08. The number of amides is 5. The number of imide groups is 1. The van der Waals surface area contributed by atoms with E-state index in [4.69, 9.17) is 0 Å². The monoisotopic (exact) mass is 442 g/mol. The van der Waals surface area contributed by atoms with Gasteiger partial charge in [0, 0.05) is 36.3 Å². The van der Waals surface area contributed by atoms with Crippen molar-refractivity contribution < 1.29 is 28.0 Å². The molecule has 5 amide bonds. The van der Waals surface area contributed by atoms with Crippen molar-refractivity contribution in [3.63, 3.8) is 0 Å². The van der Waals surface area contributed by atoms with Crippen molar-refractivity contribution in [2.45, 2.75) is 38.4 Å². The summed E-state index contributed by atoms with van der Waals surface area (Å²) >= 11 is 0. The van der Waals surface area contributed by atoms with Crippen LogP contribution in [0, 0.1) is 0 Å². The van der Waals surface area contributed by atoms with Crippen molar-refractivity contribution in [1.82, 2.24) is 15.5 Å². The van der Waals surface area contributed by atoms with Gasteiger partial charge in [0.1, 0.15) is 6.04 Å². The third-order valence-corrected chi connectivity index (χ3v) is 5.47. The van der Waals surface area contributed by atoms with Gasteiger partial charge >= 0.3 is 6.03 Å². The maximum absolute atomic E-state index is 12.8. The Kier molecular flexibility index (Phi) is 5.85. The van der Waals surface area contributed by atoms with Gasteiger partial charge in [-0.15, -0.1) is 0 Å². The average molecular weight is 442 g/mol. The molecule has 2 heterocycles. The first-order chi connectivity index (χ1) is 15.3. The molecule has 10 heteroatoms. The zero-order valence-electron chi connectivity index (χ0n) is 16.9. The molecule has 1 unspecified atom stereocenters. The molecule has 0 aliphatic carbocycles. The number of nitrogens with one attached hydrogen (secondary N) is 3. The van der Waals surface area contributed by atoms with Gasteiger partial charge in [-0.2, -0.15) is 0 Å². The van der Waals surface area contributed by atoms with Crippen molar-refractivity contribution in [2.24, 2.45) is 0 Å². The lowest BCUT2D eigenvalue weighted by Crippen LogP contribution is -2.52. The quantitative estimate of drug-likeness (QED) is 0.619. The minimum atomic E-state index is -2.58. The standard InChI is InChI=1S/C22H20F2N4O4/c23-19(24)13-3-5-15(6-4-13)26-22(32)25-10-12-1-2-14-11-28(21(31)16(14)9-12)17-7-8-18(29)27-20(17)30/h1-6,9,17,19H,7-8,10-11H2,(H2,25,26,32)(H,27,29,30). The Morgan fingerprint density at radius 1 is 1.12 bits per heavy atom. The summed E-state index contributed by atoms with van der Waals surface area (Å²) in [7, 11) is 0. The number of piperidine rings is 1. The highest BCUT2D eigenvalue weighted by molar-refractivity contribution is 6.05. The highest BCUT2D eigenvalue weighted by Crippen LogP contribution is 2.28. The Morgan fingerprint density at radius 3 is 2.56 bits per heavy atom. The van der Waals surface area contributed by atoms with Gasteiger partial charge in [0.05, 0.1) is 0 Å². The van der Waals surface area contributed by atoms with E-state index >= 15 is 0 Å². The summed E-state index contributed by atoms with van der Waals surface area (Å²) in [6.07, 6.45) is -2.10. The van der Waals surface area contributed by atoms with E-state index in [1.165, 1.54) is 29.2 Å². The summed E-state index contributed by atoms with van der Waals surface area (Å²) in [5.41, 5.74) is 2.15. The number of hydrogen-bond acceptors (Lipinski definition) is 4. The molecule has 8 nitrogen and oxygen atoms in total. The first-order valence-corrected chi connectivity index (χ1v) is 10.0. The van der Waals surface area contributed by atoms with Gasteiger partial charge in [0.15, 0.2) is 0 Å². The number of carbonyl (C=O) groups excluding carboxylic acids is 4.